The van der Waals surface area contributed by atoms with E-state index in [1.54, 1.807) is 23.1 Å². The molecule has 0 saturated heterocycles. The van der Waals surface area contributed by atoms with Crippen LogP contribution in [-0.4, -0.2) is 30.1 Å². The number of hydrogen-bond acceptors (Lipinski definition) is 4. The van der Waals surface area contributed by atoms with Crippen molar-refractivity contribution in [3.05, 3.63) is 80.2 Å². The maximum Gasteiger partial charge on any atom is 0.290 e. The number of fused-ring (bicyclic) bond motifs is 2. The van der Waals surface area contributed by atoms with Crippen molar-refractivity contribution in [2.75, 3.05) is 13.2 Å². The highest BCUT2D eigenvalue weighted by Crippen LogP contribution is 2.39. The zero-order valence-electron chi connectivity index (χ0n) is 19.8. The third kappa shape index (κ3) is 4.57. The summed E-state index contributed by atoms with van der Waals surface area (Å²) in [4.78, 5) is 28.7. The van der Waals surface area contributed by atoms with Crippen LogP contribution in [0.4, 0.5) is 0 Å². The van der Waals surface area contributed by atoms with Crippen LogP contribution in [0.2, 0.25) is 5.02 Å². The highest BCUT2D eigenvalue weighted by atomic mass is 35.5. The minimum Gasteiger partial charge on any atom is -0.450 e. The molecule has 0 N–H and O–H groups in total. The molecular formula is C27H30ClNO4. The van der Waals surface area contributed by atoms with Gasteiger partial charge in [-0.2, -0.15) is 0 Å². The Morgan fingerprint density at radius 2 is 1.79 bits per heavy atom. The third-order valence-corrected chi connectivity index (χ3v) is 6.25. The smallest absolute Gasteiger partial charge is 0.290 e. The summed E-state index contributed by atoms with van der Waals surface area (Å²) in [5.41, 5.74) is 2.60. The van der Waals surface area contributed by atoms with Crippen LogP contribution in [-0.2, 0) is 10.2 Å². The van der Waals surface area contributed by atoms with E-state index in [4.69, 9.17) is 20.8 Å². The number of hydrogen-bond donors (Lipinski definition) is 0. The van der Waals surface area contributed by atoms with Crippen molar-refractivity contribution >= 4 is 28.5 Å². The predicted molar refractivity (Wildman–Crippen MR) is 131 cm³/mol. The molecule has 6 heteroatoms. The van der Waals surface area contributed by atoms with Crippen molar-refractivity contribution in [1.82, 2.24) is 4.90 Å². The maximum absolute atomic E-state index is 13.6. The van der Waals surface area contributed by atoms with Gasteiger partial charge in [0.2, 0.25) is 5.76 Å². The molecule has 0 spiro atoms. The highest BCUT2D eigenvalue weighted by molar-refractivity contribution is 6.31. The number of amides is 1. The minimum absolute atomic E-state index is 0.00177. The summed E-state index contributed by atoms with van der Waals surface area (Å²) >= 11 is 6.15. The molecule has 1 aliphatic heterocycles. The average Bonchev–Trinajstić information content (AvgIpc) is 3.03. The van der Waals surface area contributed by atoms with Crippen LogP contribution in [0.5, 0.6) is 0 Å². The van der Waals surface area contributed by atoms with Crippen molar-refractivity contribution in [1.29, 1.82) is 0 Å². The van der Waals surface area contributed by atoms with Crippen LogP contribution in [0.3, 0.4) is 0 Å². The van der Waals surface area contributed by atoms with Gasteiger partial charge in [0.1, 0.15) is 5.58 Å². The van der Waals surface area contributed by atoms with E-state index >= 15 is 0 Å². The topological polar surface area (TPSA) is 59.8 Å². The quantitative estimate of drug-likeness (QED) is 0.411. The van der Waals surface area contributed by atoms with E-state index in [9.17, 15) is 9.59 Å². The third-order valence-electron chi connectivity index (χ3n) is 6.01. The van der Waals surface area contributed by atoms with Gasteiger partial charge in [-0.25, -0.2) is 0 Å². The molecule has 0 aliphatic carbocycles. The first-order valence-electron chi connectivity index (χ1n) is 11.4. The van der Waals surface area contributed by atoms with Gasteiger partial charge in [0, 0.05) is 18.2 Å². The number of halogens is 1. The second-order valence-corrected chi connectivity index (χ2v) is 10.3. The van der Waals surface area contributed by atoms with Gasteiger partial charge in [-0.05, 0) is 55.0 Å². The first-order valence-corrected chi connectivity index (χ1v) is 11.7. The molecule has 33 heavy (non-hydrogen) atoms. The van der Waals surface area contributed by atoms with E-state index < -0.39 is 6.04 Å². The second kappa shape index (κ2) is 8.96. The fourth-order valence-corrected chi connectivity index (χ4v) is 4.46. The van der Waals surface area contributed by atoms with Crippen molar-refractivity contribution in [2.24, 2.45) is 0 Å². The molecule has 1 amide bonds. The molecule has 3 aromatic rings. The van der Waals surface area contributed by atoms with E-state index in [0.29, 0.717) is 41.1 Å². The van der Waals surface area contributed by atoms with Gasteiger partial charge in [0.25, 0.3) is 5.91 Å². The van der Waals surface area contributed by atoms with Crippen molar-refractivity contribution in [3.63, 3.8) is 0 Å². The van der Waals surface area contributed by atoms with Crippen LogP contribution in [0.1, 0.15) is 74.3 Å². The van der Waals surface area contributed by atoms with Gasteiger partial charge in [-0.3, -0.25) is 9.59 Å². The maximum atomic E-state index is 13.6. The molecule has 1 aromatic heterocycles. The Kier molecular flexibility index (Phi) is 6.39. The number of rotatable bonds is 6. The number of benzene rings is 2. The zero-order chi connectivity index (χ0) is 23.9. The summed E-state index contributed by atoms with van der Waals surface area (Å²) in [6.45, 7) is 11.4. The lowest BCUT2D eigenvalue weighted by Crippen LogP contribution is -2.31. The fourth-order valence-electron chi connectivity index (χ4n) is 4.29. The molecule has 0 saturated carbocycles. The van der Waals surface area contributed by atoms with Gasteiger partial charge < -0.3 is 14.1 Å². The molecule has 174 valence electrons. The summed E-state index contributed by atoms with van der Waals surface area (Å²) in [6, 6.07) is 12.5. The normalized spacial score (nSPS) is 16.2. The first kappa shape index (κ1) is 23.5. The van der Waals surface area contributed by atoms with Crippen molar-refractivity contribution < 1.29 is 13.9 Å². The average molecular weight is 468 g/mol. The van der Waals surface area contributed by atoms with Crippen LogP contribution >= 0.6 is 11.6 Å². The zero-order valence-corrected chi connectivity index (χ0v) is 20.5. The molecule has 2 aromatic carbocycles. The molecule has 5 nitrogen and oxygen atoms in total. The van der Waals surface area contributed by atoms with Crippen LogP contribution in [0.25, 0.3) is 11.0 Å². The predicted octanol–water partition coefficient (Wildman–Crippen LogP) is 6.10. The molecule has 2 heterocycles. The first-order chi connectivity index (χ1) is 15.6. The van der Waals surface area contributed by atoms with Gasteiger partial charge in [0.15, 0.2) is 5.43 Å². The Balaban J connectivity index is 1.81. The standard InChI is InChI=1S/C27H30ClNO4/c1-16(2)32-14-6-13-29-23(17-7-9-18(10-8-17)27(3,4)5)22-24(30)20-15-19(28)11-12-21(20)33-25(22)26(29)31/h7-12,15-16,23H,6,13-14H2,1-5H3/t23-/m0/s1. The fraction of sp³-hybridized carbons (Fsp3) is 0.407. The lowest BCUT2D eigenvalue weighted by Gasteiger charge is -2.26. The van der Waals surface area contributed by atoms with Crippen molar-refractivity contribution in [3.8, 4) is 0 Å². The Morgan fingerprint density at radius 1 is 1.09 bits per heavy atom. The Morgan fingerprint density at radius 3 is 2.42 bits per heavy atom. The van der Waals surface area contributed by atoms with Gasteiger partial charge >= 0.3 is 0 Å². The Hall–Kier alpha value is -2.63. The molecule has 0 radical (unpaired) electrons. The van der Waals surface area contributed by atoms with Crippen molar-refractivity contribution in [2.45, 2.75) is 58.6 Å². The van der Waals surface area contributed by atoms with Gasteiger partial charge in [-0.15, -0.1) is 0 Å². The largest absolute Gasteiger partial charge is 0.450 e. The van der Waals surface area contributed by atoms with Crippen LogP contribution in [0, 0.1) is 0 Å². The Labute approximate surface area is 199 Å². The Bertz CT molecular complexity index is 1240. The lowest BCUT2D eigenvalue weighted by atomic mass is 9.86. The van der Waals surface area contributed by atoms with E-state index in [-0.39, 0.29) is 28.6 Å². The highest BCUT2D eigenvalue weighted by Gasteiger charge is 2.42. The molecule has 1 atom stereocenters. The molecule has 0 unspecified atom stereocenters. The summed E-state index contributed by atoms with van der Waals surface area (Å²) in [6.07, 6.45) is 0.782. The summed E-state index contributed by atoms with van der Waals surface area (Å²) < 4.78 is 11.6. The van der Waals surface area contributed by atoms with E-state index in [1.165, 1.54) is 5.56 Å². The van der Waals surface area contributed by atoms with Crippen LogP contribution in [0.15, 0.2) is 51.7 Å². The van der Waals surface area contributed by atoms with E-state index in [2.05, 4.69) is 32.9 Å². The number of carbonyl (C=O) groups is 1. The second-order valence-electron chi connectivity index (χ2n) is 9.86. The van der Waals surface area contributed by atoms with E-state index in [0.717, 1.165) is 5.56 Å². The monoisotopic (exact) mass is 467 g/mol. The van der Waals surface area contributed by atoms with E-state index in [1.807, 2.05) is 26.0 Å². The minimum atomic E-state index is -0.514. The van der Waals surface area contributed by atoms with Gasteiger partial charge in [0.05, 0.1) is 23.1 Å². The molecule has 1 aliphatic rings. The molecule has 0 bridgehead atoms. The number of carbonyl (C=O) groups excluding carboxylic acids is 1. The van der Waals surface area contributed by atoms with Gasteiger partial charge in [-0.1, -0.05) is 56.6 Å². The molecule has 4 rings (SSSR count). The summed E-state index contributed by atoms with van der Waals surface area (Å²) in [5, 5.41) is 0.836. The van der Waals surface area contributed by atoms with Crippen LogP contribution < -0.4 is 5.43 Å². The number of ether oxygens (including phenoxy) is 1. The summed E-state index contributed by atoms with van der Waals surface area (Å²) in [5.74, 6) is -0.155. The SMILES string of the molecule is CC(C)OCCCN1C(=O)c2oc3ccc(Cl)cc3c(=O)c2[C@@H]1c1ccc(C(C)(C)C)cc1. The molecular weight excluding hydrogens is 438 g/mol. The lowest BCUT2D eigenvalue weighted by molar-refractivity contribution is 0.0593. The molecule has 0 fully saturated rings. The number of nitrogens with zero attached hydrogens (tertiary/aromatic N) is 1. The summed E-state index contributed by atoms with van der Waals surface area (Å²) in [7, 11) is 0.